The Morgan fingerprint density at radius 1 is 1.03 bits per heavy atom. The Hall–Kier alpha value is -4.16. The second-order valence-electron chi connectivity index (χ2n) is 8.06. The Morgan fingerprint density at radius 2 is 1.69 bits per heavy atom. The molecular weight excluding hydrogens is 468 g/mol. The molecule has 0 saturated carbocycles. The quantitative estimate of drug-likeness (QED) is 0.229. The lowest BCUT2D eigenvalue weighted by molar-refractivity contribution is -0.227. The van der Waals surface area contributed by atoms with Crippen molar-refractivity contribution in [2.24, 2.45) is 0 Å². The van der Waals surface area contributed by atoms with Gasteiger partial charge in [0.2, 0.25) is 17.5 Å². The van der Waals surface area contributed by atoms with Crippen molar-refractivity contribution >= 4 is 16.9 Å². The number of phenolic OH excluding ortho intramolecular Hbond substituents is 5. The van der Waals surface area contributed by atoms with Crippen LogP contribution in [-0.2, 0) is 14.3 Å². The molecule has 0 spiro atoms. The summed E-state index contributed by atoms with van der Waals surface area (Å²) in [6, 6.07) is 3.97. The molecular formula is C23H22O12. The molecule has 4 atom stereocenters. The van der Waals surface area contributed by atoms with Crippen LogP contribution < -0.4 is 10.2 Å². The topological polar surface area (TPSA) is 196 Å². The van der Waals surface area contributed by atoms with Crippen molar-refractivity contribution in [1.82, 2.24) is 0 Å². The molecule has 6 N–H and O–H groups in total. The normalized spacial score (nSPS) is 22.1. The number of aromatic hydroxyl groups is 5. The zero-order valence-corrected chi connectivity index (χ0v) is 18.5. The maximum absolute atomic E-state index is 13.3. The Balaban J connectivity index is 1.84. The lowest BCUT2D eigenvalue weighted by Crippen LogP contribution is -2.50. The average molecular weight is 490 g/mol. The van der Waals surface area contributed by atoms with Gasteiger partial charge in [0.05, 0.1) is 12.2 Å². The summed E-state index contributed by atoms with van der Waals surface area (Å²) in [5, 5.41) is 59.7. The summed E-state index contributed by atoms with van der Waals surface area (Å²) < 4.78 is 22.2. The van der Waals surface area contributed by atoms with Crippen LogP contribution >= 0.6 is 0 Å². The van der Waals surface area contributed by atoms with Crippen LogP contribution in [0.25, 0.3) is 22.3 Å². The largest absolute Gasteiger partial charge is 0.508 e. The van der Waals surface area contributed by atoms with Gasteiger partial charge in [0.15, 0.2) is 29.1 Å². The minimum Gasteiger partial charge on any atom is -0.508 e. The van der Waals surface area contributed by atoms with Crippen molar-refractivity contribution < 1.29 is 54.1 Å². The van der Waals surface area contributed by atoms with Crippen molar-refractivity contribution in [3.8, 4) is 45.8 Å². The molecule has 1 aromatic heterocycles. The lowest BCUT2D eigenvalue weighted by Gasteiger charge is -2.37. The Bertz CT molecular complexity index is 1330. The van der Waals surface area contributed by atoms with E-state index in [1.807, 2.05) is 0 Å². The van der Waals surface area contributed by atoms with Gasteiger partial charge >= 0.3 is 5.97 Å². The Morgan fingerprint density at radius 3 is 2.29 bits per heavy atom. The fraction of sp³-hybridized carbons (Fsp3) is 0.304. The van der Waals surface area contributed by atoms with Crippen molar-refractivity contribution in [1.29, 1.82) is 0 Å². The van der Waals surface area contributed by atoms with E-state index in [0.717, 1.165) is 24.3 Å². The lowest BCUT2D eigenvalue weighted by atomic mass is 10.0. The van der Waals surface area contributed by atoms with Crippen LogP contribution in [0.4, 0.5) is 0 Å². The molecule has 0 radical (unpaired) electrons. The van der Waals surface area contributed by atoms with E-state index < -0.39 is 70.5 Å². The van der Waals surface area contributed by atoms with Crippen LogP contribution in [0.2, 0.25) is 0 Å². The van der Waals surface area contributed by atoms with Gasteiger partial charge < -0.3 is 49.3 Å². The van der Waals surface area contributed by atoms with Gasteiger partial charge in [-0.2, -0.15) is 0 Å². The highest BCUT2D eigenvalue weighted by Gasteiger charge is 2.39. The number of hydrogen-bond acceptors (Lipinski definition) is 12. The number of ether oxygens (including phenoxy) is 3. The zero-order chi connectivity index (χ0) is 25.6. The van der Waals surface area contributed by atoms with Gasteiger partial charge in [0.1, 0.15) is 22.5 Å². The third-order valence-electron chi connectivity index (χ3n) is 5.44. The molecule has 4 unspecified atom stereocenters. The number of rotatable bonds is 4. The number of carbonyl (C=O) groups is 1. The van der Waals surface area contributed by atoms with E-state index in [1.54, 1.807) is 0 Å². The molecule has 2 aromatic carbocycles. The maximum atomic E-state index is 13.3. The zero-order valence-electron chi connectivity index (χ0n) is 18.5. The minimum atomic E-state index is -1.23. The second-order valence-corrected chi connectivity index (χ2v) is 8.06. The smallest absolute Gasteiger partial charge is 0.303 e. The number of phenols is 5. The molecule has 1 saturated heterocycles. The monoisotopic (exact) mass is 490 g/mol. The van der Waals surface area contributed by atoms with E-state index in [9.17, 15) is 40.2 Å². The van der Waals surface area contributed by atoms with Gasteiger partial charge in [-0.05, 0) is 19.1 Å². The molecule has 0 aliphatic carbocycles. The third kappa shape index (κ3) is 4.48. The van der Waals surface area contributed by atoms with Gasteiger partial charge in [0.25, 0.3) is 0 Å². The standard InChI is InChI=1S/C23H22O12/c1-8-21(33-9(2)24)15(29)7-17(32-8)35-23-20(31)18-12(26)5-11(25)6-16(18)34-22(23)10-3-13(27)19(30)14(28)4-10/h3-6,8,15,17,21,25-30H,7H2,1-2H3. The van der Waals surface area contributed by atoms with Gasteiger partial charge in [-0.1, -0.05) is 0 Å². The van der Waals surface area contributed by atoms with Crippen molar-refractivity contribution in [2.75, 3.05) is 0 Å². The Kier molecular flexibility index (Phi) is 6.09. The number of fused-ring (bicyclic) bond motifs is 1. The van der Waals surface area contributed by atoms with E-state index in [1.165, 1.54) is 13.8 Å². The summed E-state index contributed by atoms with van der Waals surface area (Å²) in [7, 11) is 0. The number of carbonyl (C=O) groups excluding carboxylic acids is 1. The Labute approximate surface area is 196 Å². The average Bonchev–Trinajstić information content (AvgIpc) is 2.75. The predicted octanol–water partition coefficient (Wildman–Crippen LogP) is 1.79. The molecule has 186 valence electrons. The van der Waals surface area contributed by atoms with Crippen LogP contribution in [-0.4, -0.2) is 61.2 Å². The first-order chi connectivity index (χ1) is 16.5. The highest BCUT2D eigenvalue weighted by atomic mass is 16.7. The molecule has 3 aromatic rings. The van der Waals surface area contributed by atoms with Crippen LogP contribution in [0.1, 0.15) is 20.3 Å². The van der Waals surface area contributed by atoms with Gasteiger partial charge in [-0.15, -0.1) is 0 Å². The van der Waals surface area contributed by atoms with Gasteiger partial charge in [-0.3, -0.25) is 9.59 Å². The number of esters is 1. The van der Waals surface area contributed by atoms with Crippen molar-refractivity contribution in [3.05, 3.63) is 34.5 Å². The number of hydrogen-bond donors (Lipinski definition) is 6. The van der Waals surface area contributed by atoms with Crippen LogP contribution in [0.3, 0.4) is 0 Å². The maximum Gasteiger partial charge on any atom is 0.303 e. The third-order valence-corrected chi connectivity index (χ3v) is 5.44. The molecule has 1 aliphatic rings. The van der Waals surface area contributed by atoms with Gasteiger partial charge in [0, 0.05) is 31.0 Å². The fourth-order valence-corrected chi connectivity index (χ4v) is 3.89. The summed E-state index contributed by atoms with van der Waals surface area (Å²) in [6.07, 6.45) is -4.44. The molecule has 1 aliphatic heterocycles. The summed E-state index contributed by atoms with van der Waals surface area (Å²) in [5.74, 6) is -4.74. The molecule has 12 heteroatoms. The molecule has 12 nitrogen and oxygen atoms in total. The number of aliphatic hydroxyl groups is 1. The van der Waals surface area contributed by atoms with E-state index in [-0.39, 0.29) is 28.7 Å². The van der Waals surface area contributed by atoms with Crippen molar-refractivity contribution in [2.45, 2.75) is 44.9 Å². The molecule has 1 fully saturated rings. The van der Waals surface area contributed by atoms with E-state index in [0.29, 0.717) is 0 Å². The minimum absolute atomic E-state index is 0.100. The summed E-state index contributed by atoms with van der Waals surface area (Å²) in [4.78, 5) is 24.7. The van der Waals surface area contributed by atoms with Gasteiger partial charge in [-0.25, -0.2) is 0 Å². The van der Waals surface area contributed by atoms with E-state index in [4.69, 9.17) is 18.6 Å². The first-order valence-electron chi connectivity index (χ1n) is 10.4. The summed E-state index contributed by atoms with van der Waals surface area (Å²) >= 11 is 0. The fourth-order valence-electron chi connectivity index (χ4n) is 3.89. The SMILES string of the molecule is CC(=O)OC1C(O)CC(Oc2c(-c3cc(O)c(O)c(O)c3)oc3cc(O)cc(O)c3c2=O)OC1C. The van der Waals surface area contributed by atoms with Crippen molar-refractivity contribution in [3.63, 3.8) is 0 Å². The molecule has 2 heterocycles. The highest BCUT2D eigenvalue weighted by Crippen LogP contribution is 2.43. The van der Waals surface area contributed by atoms with Crippen LogP contribution in [0.5, 0.6) is 34.5 Å². The highest BCUT2D eigenvalue weighted by molar-refractivity contribution is 5.88. The first kappa shape index (κ1) is 24.0. The first-order valence-corrected chi connectivity index (χ1v) is 10.4. The predicted molar refractivity (Wildman–Crippen MR) is 117 cm³/mol. The molecule has 35 heavy (non-hydrogen) atoms. The summed E-state index contributed by atoms with van der Waals surface area (Å²) in [6.45, 7) is 2.71. The second kappa shape index (κ2) is 8.89. The molecule has 0 bridgehead atoms. The number of benzene rings is 2. The molecule has 4 rings (SSSR count). The molecule has 0 amide bonds. The number of aliphatic hydroxyl groups excluding tert-OH is 1. The summed E-state index contributed by atoms with van der Waals surface area (Å²) in [5.41, 5.74) is -1.23. The van der Waals surface area contributed by atoms with Crippen LogP contribution in [0, 0.1) is 0 Å². The van der Waals surface area contributed by atoms with E-state index in [2.05, 4.69) is 0 Å². The van der Waals surface area contributed by atoms with E-state index >= 15 is 0 Å². The van der Waals surface area contributed by atoms with Crippen LogP contribution in [0.15, 0.2) is 33.5 Å².